The predicted octanol–water partition coefficient (Wildman–Crippen LogP) is 1.54. The maximum atomic E-state index is 12.6. The fourth-order valence-electron chi connectivity index (χ4n) is 3.96. The van der Waals surface area contributed by atoms with Crippen LogP contribution in [0.1, 0.15) is 25.3 Å². The predicted molar refractivity (Wildman–Crippen MR) is 86.6 cm³/mol. The molecule has 0 aromatic carbocycles. The Morgan fingerprint density at radius 1 is 1.35 bits per heavy atom. The molecule has 3 aliphatic rings. The molecule has 1 aromatic heterocycles. The van der Waals surface area contributed by atoms with Gasteiger partial charge in [0.25, 0.3) is 0 Å². The number of fused-ring (bicyclic) bond motifs is 1. The highest BCUT2D eigenvalue weighted by Gasteiger charge is 2.45. The minimum absolute atomic E-state index is 0.270. The number of likely N-dealkylation sites (tertiary alicyclic amines) is 1. The summed E-state index contributed by atoms with van der Waals surface area (Å²) in [6.07, 6.45) is 5.99. The highest BCUT2D eigenvalue weighted by Crippen LogP contribution is 2.40. The van der Waals surface area contributed by atoms with Crippen LogP contribution >= 0.6 is 0 Å². The molecule has 4 atom stereocenters. The van der Waals surface area contributed by atoms with Gasteiger partial charge in [0.05, 0.1) is 18.8 Å². The van der Waals surface area contributed by atoms with Crippen LogP contribution in [0.3, 0.4) is 0 Å². The summed E-state index contributed by atoms with van der Waals surface area (Å²) in [5.74, 6) is 1.23. The number of pyridine rings is 1. The molecule has 0 bridgehead atoms. The van der Waals surface area contributed by atoms with E-state index in [1.165, 1.54) is 5.56 Å². The second kappa shape index (κ2) is 6.21. The zero-order chi connectivity index (χ0) is 15.8. The molecule has 1 saturated carbocycles. The van der Waals surface area contributed by atoms with Crippen molar-refractivity contribution in [3.63, 3.8) is 0 Å². The lowest BCUT2D eigenvalue weighted by atomic mass is 9.97. The number of rotatable bonds is 3. The Hall–Kier alpha value is -1.46. The average molecular weight is 315 g/mol. The van der Waals surface area contributed by atoms with Crippen molar-refractivity contribution in [1.82, 2.24) is 14.8 Å². The van der Waals surface area contributed by atoms with E-state index in [1.807, 2.05) is 12.4 Å². The first-order valence-corrected chi connectivity index (χ1v) is 8.75. The van der Waals surface area contributed by atoms with Crippen LogP contribution in [-0.2, 0) is 16.1 Å². The van der Waals surface area contributed by atoms with Gasteiger partial charge in [0.1, 0.15) is 0 Å². The number of carbonyl (C=O) groups excluding carboxylic acids is 1. The highest BCUT2D eigenvalue weighted by atomic mass is 16.5. The Morgan fingerprint density at radius 3 is 2.87 bits per heavy atom. The summed E-state index contributed by atoms with van der Waals surface area (Å²) in [7, 11) is 0. The largest absolute Gasteiger partial charge is 0.375 e. The van der Waals surface area contributed by atoms with Crippen molar-refractivity contribution in [2.75, 3.05) is 26.2 Å². The van der Waals surface area contributed by atoms with E-state index in [2.05, 4.69) is 33.8 Å². The van der Waals surface area contributed by atoms with E-state index in [4.69, 9.17) is 4.74 Å². The number of ether oxygens (including phenoxy) is 1. The molecule has 23 heavy (non-hydrogen) atoms. The van der Waals surface area contributed by atoms with Crippen LogP contribution in [0, 0.1) is 11.8 Å². The van der Waals surface area contributed by atoms with Crippen LogP contribution in [-0.4, -0.2) is 59.1 Å². The first kappa shape index (κ1) is 15.1. The summed E-state index contributed by atoms with van der Waals surface area (Å²) in [4.78, 5) is 21.2. The molecule has 2 saturated heterocycles. The molecular formula is C18H25N3O2. The Kier molecular flexibility index (Phi) is 4.07. The van der Waals surface area contributed by atoms with Crippen molar-refractivity contribution in [1.29, 1.82) is 0 Å². The number of piperidine rings is 1. The van der Waals surface area contributed by atoms with Gasteiger partial charge in [0.2, 0.25) is 5.91 Å². The number of hydrogen-bond acceptors (Lipinski definition) is 4. The van der Waals surface area contributed by atoms with Gasteiger partial charge in [-0.05, 0) is 36.5 Å². The van der Waals surface area contributed by atoms with Crippen molar-refractivity contribution < 1.29 is 9.53 Å². The molecule has 0 N–H and O–H groups in total. The van der Waals surface area contributed by atoms with E-state index in [-0.39, 0.29) is 12.0 Å². The number of nitrogens with zero attached hydrogens (tertiary/aromatic N) is 3. The molecule has 0 radical (unpaired) electrons. The number of carbonyl (C=O) groups is 1. The molecule has 1 aromatic rings. The van der Waals surface area contributed by atoms with Gasteiger partial charge in [-0.25, -0.2) is 0 Å². The lowest BCUT2D eigenvalue weighted by Crippen LogP contribution is -2.60. The smallest absolute Gasteiger partial charge is 0.226 e. The lowest BCUT2D eigenvalue weighted by Gasteiger charge is -2.47. The van der Waals surface area contributed by atoms with Crippen molar-refractivity contribution in [3.8, 4) is 0 Å². The second-order valence-electron chi connectivity index (χ2n) is 7.19. The molecule has 5 nitrogen and oxygen atoms in total. The summed E-state index contributed by atoms with van der Waals surface area (Å²) in [5.41, 5.74) is 1.28. The lowest BCUT2D eigenvalue weighted by molar-refractivity contribution is -0.145. The van der Waals surface area contributed by atoms with Gasteiger partial charge in [0.15, 0.2) is 0 Å². The molecule has 3 fully saturated rings. The van der Waals surface area contributed by atoms with Crippen molar-refractivity contribution in [3.05, 3.63) is 30.1 Å². The summed E-state index contributed by atoms with van der Waals surface area (Å²) in [6.45, 7) is 6.49. The number of morpholine rings is 1. The van der Waals surface area contributed by atoms with Gasteiger partial charge in [-0.2, -0.15) is 0 Å². The van der Waals surface area contributed by atoms with Crippen LogP contribution in [0.15, 0.2) is 24.5 Å². The van der Waals surface area contributed by atoms with Crippen LogP contribution < -0.4 is 0 Å². The highest BCUT2D eigenvalue weighted by molar-refractivity contribution is 5.81. The molecule has 0 spiro atoms. The maximum absolute atomic E-state index is 12.6. The molecule has 1 amide bonds. The molecule has 124 valence electrons. The monoisotopic (exact) mass is 315 g/mol. The molecule has 5 heteroatoms. The first-order valence-electron chi connectivity index (χ1n) is 8.75. The zero-order valence-electron chi connectivity index (χ0n) is 13.7. The van der Waals surface area contributed by atoms with E-state index in [0.29, 0.717) is 17.9 Å². The summed E-state index contributed by atoms with van der Waals surface area (Å²) in [6, 6.07) is 4.47. The molecule has 0 unspecified atom stereocenters. The normalized spacial score (nSPS) is 34.0. The SMILES string of the molecule is C[C@@H]1C[C@H]1C(=O)N1CC[C@@H]2OCCN(Cc3ccncc3)[C@H]2C1. The van der Waals surface area contributed by atoms with Crippen LogP contribution in [0.25, 0.3) is 0 Å². The van der Waals surface area contributed by atoms with Crippen LogP contribution in [0.4, 0.5) is 0 Å². The van der Waals surface area contributed by atoms with E-state index >= 15 is 0 Å². The van der Waals surface area contributed by atoms with E-state index < -0.39 is 0 Å². The van der Waals surface area contributed by atoms with Gasteiger partial charge in [0, 0.05) is 44.5 Å². The maximum Gasteiger partial charge on any atom is 0.226 e. The number of aromatic nitrogens is 1. The molecular weight excluding hydrogens is 290 g/mol. The van der Waals surface area contributed by atoms with E-state index in [0.717, 1.165) is 45.6 Å². The van der Waals surface area contributed by atoms with Crippen molar-refractivity contribution >= 4 is 5.91 Å². The third-order valence-corrected chi connectivity index (χ3v) is 5.57. The minimum Gasteiger partial charge on any atom is -0.375 e. The zero-order valence-corrected chi connectivity index (χ0v) is 13.7. The van der Waals surface area contributed by atoms with Crippen molar-refractivity contribution in [2.45, 2.75) is 38.5 Å². The summed E-state index contributed by atoms with van der Waals surface area (Å²) >= 11 is 0. The number of amides is 1. The standard InChI is InChI=1S/C18H25N3O2/c1-13-10-15(13)18(22)21-7-4-17-16(12-21)20(8-9-23-17)11-14-2-5-19-6-3-14/h2-3,5-6,13,15-17H,4,7-12H2,1H3/t13-,15-,16+,17+/m1/s1. The van der Waals surface area contributed by atoms with Gasteiger partial charge in [-0.15, -0.1) is 0 Å². The fourth-order valence-corrected chi connectivity index (χ4v) is 3.96. The molecule has 1 aliphatic carbocycles. The minimum atomic E-state index is 0.270. The van der Waals surface area contributed by atoms with Gasteiger partial charge in [-0.1, -0.05) is 6.92 Å². The molecule has 2 aliphatic heterocycles. The third-order valence-electron chi connectivity index (χ3n) is 5.57. The van der Waals surface area contributed by atoms with Gasteiger partial charge >= 0.3 is 0 Å². The Morgan fingerprint density at radius 2 is 2.13 bits per heavy atom. The molecule has 4 rings (SSSR count). The summed E-state index contributed by atoms with van der Waals surface area (Å²) in [5, 5.41) is 0. The Balaban J connectivity index is 1.44. The molecule has 3 heterocycles. The van der Waals surface area contributed by atoms with E-state index in [9.17, 15) is 4.79 Å². The van der Waals surface area contributed by atoms with Gasteiger partial charge < -0.3 is 9.64 Å². The Bertz CT molecular complexity index is 565. The Labute approximate surface area is 137 Å². The van der Waals surface area contributed by atoms with Gasteiger partial charge in [-0.3, -0.25) is 14.7 Å². The number of hydrogen-bond donors (Lipinski definition) is 0. The van der Waals surface area contributed by atoms with Crippen molar-refractivity contribution in [2.24, 2.45) is 11.8 Å². The fraction of sp³-hybridized carbons (Fsp3) is 0.667. The first-order chi connectivity index (χ1) is 11.2. The third kappa shape index (κ3) is 3.12. The van der Waals surface area contributed by atoms with Crippen LogP contribution in [0.2, 0.25) is 0 Å². The second-order valence-corrected chi connectivity index (χ2v) is 7.19. The topological polar surface area (TPSA) is 45.7 Å². The van der Waals surface area contributed by atoms with E-state index in [1.54, 1.807) is 0 Å². The quantitative estimate of drug-likeness (QED) is 0.849. The average Bonchev–Trinajstić information content (AvgIpc) is 3.32. The van der Waals surface area contributed by atoms with Crippen LogP contribution in [0.5, 0.6) is 0 Å². The summed E-state index contributed by atoms with van der Waals surface area (Å²) < 4.78 is 5.98.